The van der Waals surface area contributed by atoms with Crippen LogP contribution in [-0.2, 0) is 13.0 Å². The van der Waals surface area contributed by atoms with Gasteiger partial charge >= 0.3 is 0 Å². The van der Waals surface area contributed by atoms with E-state index >= 15 is 0 Å². The van der Waals surface area contributed by atoms with Crippen molar-refractivity contribution in [2.24, 2.45) is 5.73 Å². The van der Waals surface area contributed by atoms with Gasteiger partial charge in [-0.05, 0) is 18.6 Å². The number of hydrogen-bond donors (Lipinski definition) is 1. The Labute approximate surface area is 106 Å². The van der Waals surface area contributed by atoms with Crippen LogP contribution in [0.1, 0.15) is 24.2 Å². The fourth-order valence-electron chi connectivity index (χ4n) is 2.44. The normalized spacial score (nSPS) is 19.3. The highest BCUT2D eigenvalue weighted by Crippen LogP contribution is 2.29. The lowest BCUT2D eigenvalue weighted by molar-refractivity contribution is 0.207. The van der Waals surface area contributed by atoms with Crippen LogP contribution >= 0.6 is 0 Å². The topological polar surface area (TPSA) is 53.1 Å². The number of imidazole rings is 1. The molecular formula is C14H17N3O. The van der Waals surface area contributed by atoms with E-state index in [0.717, 1.165) is 24.4 Å². The summed E-state index contributed by atoms with van der Waals surface area (Å²) in [4.78, 5) is 4.16. The van der Waals surface area contributed by atoms with Crippen LogP contribution in [-0.4, -0.2) is 15.7 Å². The largest absolute Gasteiger partial charge is 0.488 e. The van der Waals surface area contributed by atoms with Crippen LogP contribution in [0.25, 0.3) is 0 Å². The molecule has 94 valence electrons. The summed E-state index contributed by atoms with van der Waals surface area (Å²) in [6, 6.07) is 8.20. The average molecular weight is 243 g/mol. The number of aromatic nitrogens is 2. The van der Waals surface area contributed by atoms with E-state index < -0.39 is 0 Å². The van der Waals surface area contributed by atoms with Crippen molar-refractivity contribution in [3.8, 4) is 5.75 Å². The number of ether oxygens (including phenoxy) is 1. The minimum absolute atomic E-state index is 0.00345. The Kier molecular flexibility index (Phi) is 2.80. The van der Waals surface area contributed by atoms with Gasteiger partial charge in [0, 0.05) is 18.7 Å². The molecule has 0 bridgehead atoms. The molecule has 4 nitrogen and oxygen atoms in total. The Morgan fingerprint density at radius 3 is 3.11 bits per heavy atom. The van der Waals surface area contributed by atoms with Crippen LogP contribution in [0.2, 0.25) is 0 Å². The van der Waals surface area contributed by atoms with E-state index in [-0.39, 0.29) is 12.1 Å². The third-order valence-electron chi connectivity index (χ3n) is 3.33. The van der Waals surface area contributed by atoms with Crippen molar-refractivity contribution in [3.05, 3.63) is 48.0 Å². The number of benzene rings is 1. The number of nitrogens with zero attached hydrogens (tertiary/aromatic N) is 2. The van der Waals surface area contributed by atoms with E-state index in [9.17, 15) is 0 Å². The second kappa shape index (κ2) is 4.46. The standard InChI is InChI=1S/C14H17N3O/c1-10(15)13-7-16-9-17(13)8-12-6-11-4-2-3-5-14(11)18-12/h2-5,7,9-10,12H,6,8,15H2,1H3/t10-,12?/m0/s1. The van der Waals surface area contributed by atoms with Crippen molar-refractivity contribution in [2.75, 3.05) is 0 Å². The molecule has 0 aliphatic carbocycles. The Hall–Kier alpha value is -1.81. The number of rotatable bonds is 3. The van der Waals surface area contributed by atoms with Gasteiger partial charge < -0.3 is 15.0 Å². The molecule has 18 heavy (non-hydrogen) atoms. The summed E-state index contributed by atoms with van der Waals surface area (Å²) in [6.07, 6.45) is 4.78. The summed E-state index contributed by atoms with van der Waals surface area (Å²) >= 11 is 0. The van der Waals surface area contributed by atoms with E-state index in [2.05, 4.69) is 21.7 Å². The van der Waals surface area contributed by atoms with Crippen molar-refractivity contribution in [3.63, 3.8) is 0 Å². The maximum Gasteiger partial charge on any atom is 0.123 e. The zero-order chi connectivity index (χ0) is 12.5. The van der Waals surface area contributed by atoms with Crippen LogP contribution in [0.5, 0.6) is 5.75 Å². The molecule has 0 fully saturated rings. The Balaban J connectivity index is 1.74. The Bertz CT molecular complexity index is 522. The molecular weight excluding hydrogens is 226 g/mol. The van der Waals surface area contributed by atoms with E-state index in [1.807, 2.05) is 31.6 Å². The van der Waals surface area contributed by atoms with E-state index in [4.69, 9.17) is 10.5 Å². The lowest BCUT2D eigenvalue weighted by Gasteiger charge is -2.15. The van der Waals surface area contributed by atoms with Crippen LogP contribution in [0, 0.1) is 0 Å². The molecule has 0 amide bonds. The SMILES string of the molecule is C[C@H](N)c1cncn1CC1Cc2ccccc2O1. The van der Waals surface area contributed by atoms with E-state index in [1.54, 1.807) is 0 Å². The molecule has 1 aliphatic rings. The molecule has 1 aromatic heterocycles. The molecule has 1 aromatic carbocycles. The predicted molar refractivity (Wildman–Crippen MR) is 69.4 cm³/mol. The highest BCUT2D eigenvalue weighted by atomic mass is 16.5. The van der Waals surface area contributed by atoms with E-state index in [1.165, 1.54) is 5.56 Å². The first-order valence-electron chi connectivity index (χ1n) is 6.24. The summed E-state index contributed by atoms with van der Waals surface area (Å²) < 4.78 is 8.01. The number of fused-ring (bicyclic) bond motifs is 1. The Morgan fingerprint density at radius 1 is 1.50 bits per heavy atom. The van der Waals surface area contributed by atoms with Crippen molar-refractivity contribution in [1.29, 1.82) is 0 Å². The van der Waals surface area contributed by atoms with Gasteiger partial charge in [-0.2, -0.15) is 0 Å². The average Bonchev–Trinajstić information content (AvgIpc) is 2.94. The van der Waals surface area contributed by atoms with E-state index in [0.29, 0.717) is 0 Å². The zero-order valence-electron chi connectivity index (χ0n) is 10.4. The molecule has 2 atom stereocenters. The predicted octanol–water partition coefficient (Wildman–Crippen LogP) is 1.91. The minimum atomic E-state index is -0.00345. The number of nitrogens with two attached hydrogens (primary N) is 1. The van der Waals surface area contributed by atoms with Crippen LogP contribution in [0.15, 0.2) is 36.8 Å². The fraction of sp³-hybridized carbons (Fsp3) is 0.357. The van der Waals surface area contributed by atoms with Crippen LogP contribution in [0.3, 0.4) is 0 Å². The third kappa shape index (κ3) is 1.99. The molecule has 4 heteroatoms. The van der Waals surface area contributed by atoms with Crippen molar-refractivity contribution in [1.82, 2.24) is 9.55 Å². The van der Waals surface area contributed by atoms with Crippen LogP contribution < -0.4 is 10.5 Å². The highest BCUT2D eigenvalue weighted by molar-refractivity contribution is 5.37. The van der Waals surface area contributed by atoms with Gasteiger partial charge in [-0.15, -0.1) is 0 Å². The maximum atomic E-state index is 5.93. The first kappa shape index (κ1) is 11.3. The van der Waals surface area contributed by atoms with Crippen molar-refractivity contribution >= 4 is 0 Å². The minimum Gasteiger partial charge on any atom is -0.488 e. The number of para-hydroxylation sites is 1. The second-order valence-electron chi connectivity index (χ2n) is 4.81. The first-order chi connectivity index (χ1) is 8.74. The van der Waals surface area contributed by atoms with Gasteiger partial charge in [0.1, 0.15) is 11.9 Å². The lowest BCUT2D eigenvalue weighted by atomic mass is 10.1. The summed E-state index contributed by atoms with van der Waals surface area (Å²) in [5.74, 6) is 1.00. The molecule has 2 aromatic rings. The Morgan fingerprint density at radius 2 is 2.33 bits per heavy atom. The molecule has 1 aliphatic heterocycles. The summed E-state index contributed by atoms with van der Waals surface area (Å²) in [6.45, 7) is 2.77. The number of hydrogen-bond acceptors (Lipinski definition) is 3. The van der Waals surface area contributed by atoms with Gasteiger partial charge in [0.25, 0.3) is 0 Å². The van der Waals surface area contributed by atoms with Gasteiger partial charge in [-0.25, -0.2) is 4.98 Å². The summed E-state index contributed by atoms with van der Waals surface area (Å²) in [5.41, 5.74) is 8.25. The molecule has 0 spiro atoms. The lowest BCUT2D eigenvalue weighted by Crippen LogP contribution is -2.23. The molecule has 1 unspecified atom stereocenters. The molecule has 3 rings (SSSR count). The van der Waals surface area contributed by atoms with Gasteiger partial charge in [0.2, 0.25) is 0 Å². The second-order valence-corrected chi connectivity index (χ2v) is 4.81. The molecule has 0 saturated heterocycles. The third-order valence-corrected chi connectivity index (χ3v) is 3.33. The van der Waals surface area contributed by atoms with Crippen molar-refractivity contribution in [2.45, 2.75) is 32.0 Å². The van der Waals surface area contributed by atoms with Gasteiger partial charge in [0.05, 0.1) is 18.6 Å². The van der Waals surface area contributed by atoms with Gasteiger partial charge in [-0.3, -0.25) is 0 Å². The smallest absolute Gasteiger partial charge is 0.123 e. The van der Waals surface area contributed by atoms with Crippen LogP contribution in [0.4, 0.5) is 0 Å². The van der Waals surface area contributed by atoms with Crippen molar-refractivity contribution < 1.29 is 4.74 Å². The van der Waals surface area contributed by atoms with Gasteiger partial charge in [-0.1, -0.05) is 18.2 Å². The molecule has 0 radical (unpaired) electrons. The molecule has 0 saturated carbocycles. The monoisotopic (exact) mass is 243 g/mol. The highest BCUT2D eigenvalue weighted by Gasteiger charge is 2.23. The summed E-state index contributed by atoms with van der Waals surface area (Å²) in [5, 5.41) is 0. The summed E-state index contributed by atoms with van der Waals surface area (Å²) in [7, 11) is 0. The molecule has 2 N–H and O–H groups in total. The maximum absolute atomic E-state index is 5.93. The zero-order valence-corrected chi connectivity index (χ0v) is 10.4. The first-order valence-corrected chi connectivity index (χ1v) is 6.24. The van der Waals surface area contributed by atoms with Gasteiger partial charge in [0.15, 0.2) is 0 Å². The quantitative estimate of drug-likeness (QED) is 0.895. The molecule has 2 heterocycles. The fourth-order valence-corrected chi connectivity index (χ4v) is 2.44.